The molecule has 0 aliphatic heterocycles. The summed E-state index contributed by atoms with van der Waals surface area (Å²) in [4.78, 5) is 23.1. The molecule has 0 spiro atoms. The molecule has 3 aromatic rings. The predicted octanol–water partition coefficient (Wildman–Crippen LogP) is 2.92. The summed E-state index contributed by atoms with van der Waals surface area (Å²) in [5.74, 6) is 0. The van der Waals surface area contributed by atoms with Crippen molar-refractivity contribution in [3.05, 3.63) is 51.5 Å². The van der Waals surface area contributed by atoms with Crippen LogP contribution >= 0.6 is 11.3 Å². The number of thiazole rings is 1. The lowest BCUT2D eigenvalue weighted by molar-refractivity contribution is -0.383. The highest BCUT2D eigenvalue weighted by molar-refractivity contribution is 7.18. The Kier molecular flexibility index (Phi) is 3.44. The summed E-state index contributed by atoms with van der Waals surface area (Å²) in [6, 6.07) is 5.02. The minimum atomic E-state index is -0.392. The Morgan fingerprint density at radius 2 is 2.29 bits per heavy atom. The number of aromatic nitrogens is 3. The van der Waals surface area contributed by atoms with Crippen molar-refractivity contribution in [2.45, 2.75) is 13.5 Å². The number of nitro benzene ring substituents is 1. The second kappa shape index (κ2) is 5.41. The molecule has 0 unspecified atom stereocenters. The Morgan fingerprint density at radius 3 is 3.00 bits per heavy atom. The van der Waals surface area contributed by atoms with Gasteiger partial charge in [-0.2, -0.15) is 0 Å². The van der Waals surface area contributed by atoms with Crippen LogP contribution < -0.4 is 5.32 Å². The normalized spacial score (nSPS) is 10.7. The Hall–Kier alpha value is -2.61. The molecule has 1 N–H and O–H groups in total. The first-order chi connectivity index (χ1) is 10.1. The molecule has 2 heterocycles. The van der Waals surface area contributed by atoms with Crippen LogP contribution in [0.25, 0.3) is 10.2 Å². The number of benzene rings is 1. The maximum atomic E-state index is 11.2. The lowest BCUT2D eigenvalue weighted by Gasteiger charge is -2.06. The van der Waals surface area contributed by atoms with Crippen molar-refractivity contribution in [2.24, 2.45) is 0 Å². The van der Waals surface area contributed by atoms with E-state index in [1.54, 1.807) is 24.4 Å². The molecule has 0 radical (unpaired) electrons. The van der Waals surface area contributed by atoms with Crippen LogP contribution in [-0.4, -0.2) is 19.9 Å². The van der Waals surface area contributed by atoms with Crippen molar-refractivity contribution in [1.82, 2.24) is 15.0 Å². The van der Waals surface area contributed by atoms with E-state index in [-0.39, 0.29) is 5.69 Å². The average Bonchev–Trinajstić information content (AvgIpc) is 2.84. The number of hydrogen-bond acceptors (Lipinski definition) is 7. The Bertz CT molecular complexity index is 803. The number of fused-ring (bicyclic) bond motifs is 1. The Labute approximate surface area is 123 Å². The van der Waals surface area contributed by atoms with E-state index in [1.807, 2.05) is 6.92 Å². The number of aryl methyl sites for hydroxylation is 1. The van der Waals surface area contributed by atoms with Gasteiger partial charge in [0, 0.05) is 12.3 Å². The Morgan fingerprint density at radius 1 is 1.43 bits per heavy atom. The molecule has 7 nitrogen and oxygen atoms in total. The highest BCUT2D eigenvalue weighted by Gasteiger charge is 2.17. The maximum absolute atomic E-state index is 11.2. The summed E-state index contributed by atoms with van der Waals surface area (Å²) in [7, 11) is 0. The molecule has 0 saturated heterocycles. The molecule has 0 fully saturated rings. The molecule has 0 atom stereocenters. The highest BCUT2D eigenvalue weighted by atomic mass is 32.1. The molecule has 0 aliphatic carbocycles. The zero-order chi connectivity index (χ0) is 14.8. The van der Waals surface area contributed by atoms with Crippen LogP contribution in [0.15, 0.2) is 30.7 Å². The van der Waals surface area contributed by atoms with Gasteiger partial charge in [-0.15, -0.1) is 11.3 Å². The topological polar surface area (TPSA) is 93.8 Å². The maximum Gasteiger partial charge on any atom is 0.293 e. The second-order valence-electron chi connectivity index (χ2n) is 4.38. The molecular formula is C13H11N5O2S. The summed E-state index contributed by atoms with van der Waals surface area (Å²) in [6.45, 7) is 2.27. The first kappa shape index (κ1) is 13.4. The molecule has 106 valence electrons. The van der Waals surface area contributed by atoms with Gasteiger partial charge < -0.3 is 5.32 Å². The second-order valence-corrected chi connectivity index (χ2v) is 5.62. The minimum Gasteiger partial charge on any atom is -0.374 e. The van der Waals surface area contributed by atoms with Gasteiger partial charge in [-0.25, -0.2) is 15.0 Å². The van der Waals surface area contributed by atoms with Gasteiger partial charge in [0.2, 0.25) is 0 Å². The lowest BCUT2D eigenvalue weighted by Crippen LogP contribution is -2.04. The average molecular weight is 301 g/mol. The van der Waals surface area contributed by atoms with Gasteiger partial charge in [-0.1, -0.05) is 0 Å². The van der Waals surface area contributed by atoms with Crippen LogP contribution in [0.4, 0.5) is 11.4 Å². The van der Waals surface area contributed by atoms with Crippen LogP contribution in [-0.2, 0) is 6.54 Å². The first-order valence-electron chi connectivity index (χ1n) is 6.18. The van der Waals surface area contributed by atoms with Crippen molar-refractivity contribution in [3.8, 4) is 0 Å². The fourth-order valence-corrected chi connectivity index (χ4v) is 2.82. The van der Waals surface area contributed by atoms with Gasteiger partial charge in [0.1, 0.15) is 12.0 Å². The zero-order valence-corrected chi connectivity index (χ0v) is 11.9. The number of nitro groups is 1. The third-order valence-corrected chi connectivity index (χ3v) is 3.85. The van der Waals surface area contributed by atoms with Gasteiger partial charge >= 0.3 is 0 Å². The molecule has 0 bridgehead atoms. The molecule has 8 heteroatoms. The number of hydrogen-bond donors (Lipinski definition) is 1. The number of rotatable bonds is 4. The zero-order valence-electron chi connectivity index (χ0n) is 11.1. The van der Waals surface area contributed by atoms with E-state index in [0.717, 1.165) is 20.9 Å². The molecule has 0 amide bonds. The standard InChI is InChI=1S/C13H11N5O2S/c1-8-17-11-4-10(12(18(19)20)5-13(11)21-8)15-6-9-2-3-14-7-16-9/h2-5,7,15H,6H2,1H3. The number of nitrogens with one attached hydrogen (secondary N) is 1. The van der Waals surface area contributed by atoms with Crippen molar-refractivity contribution in [1.29, 1.82) is 0 Å². The van der Waals surface area contributed by atoms with Crippen LogP contribution in [0.1, 0.15) is 10.7 Å². The molecule has 3 rings (SSSR count). The summed E-state index contributed by atoms with van der Waals surface area (Å²) in [5, 5.41) is 15.1. The monoisotopic (exact) mass is 301 g/mol. The largest absolute Gasteiger partial charge is 0.374 e. The molecule has 2 aromatic heterocycles. The van der Waals surface area contributed by atoms with Crippen LogP contribution in [0.3, 0.4) is 0 Å². The molecular weight excluding hydrogens is 290 g/mol. The van der Waals surface area contributed by atoms with E-state index in [0.29, 0.717) is 12.2 Å². The van der Waals surface area contributed by atoms with Crippen LogP contribution in [0.2, 0.25) is 0 Å². The van der Waals surface area contributed by atoms with E-state index in [9.17, 15) is 10.1 Å². The third-order valence-electron chi connectivity index (χ3n) is 2.91. The highest BCUT2D eigenvalue weighted by Crippen LogP contribution is 2.33. The molecule has 21 heavy (non-hydrogen) atoms. The smallest absolute Gasteiger partial charge is 0.293 e. The van der Waals surface area contributed by atoms with Crippen LogP contribution in [0, 0.1) is 17.0 Å². The van der Waals surface area contributed by atoms with Gasteiger partial charge in [0.05, 0.1) is 32.4 Å². The SMILES string of the molecule is Cc1nc2cc(NCc3ccncn3)c([N+](=O)[O-])cc2s1. The van der Waals surface area contributed by atoms with Gasteiger partial charge in [-0.05, 0) is 19.1 Å². The quantitative estimate of drug-likeness (QED) is 0.588. The lowest BCUT2D eigenvalue weighted by atomic mass is 10.2. The minimum absolute atomic E-state index is 0.0419. The van der Waals surface area contributed by atoms with Gasteiger partial charge in [-0.3, -0.25) is 10.1 Å². The van der Waals surface area contributed by atoms with Crippen molar-refractivity contribution >= 4 is 32.9 Å². The fraction of sp³-hybridized carbons (Fsp3) is 0.154. The van der Waals surface area contributed by atoms with E-state index in [4.69, 9.17) is 0 Å². The van der Waals surface area contributed by atoms with E-state index in [2.05, 4.69) is 20.3 Å². The molecule has 0 saturated carbocycles. The van der Waals surface area contributed by atoms with E-state index >= 15 is 0 Å². The number of anilines is 1. The molecule has 0 aliphatic rings. The van der Waals surface area contributed by atoms with Crippen molar-refractivity contribution in [3.63, 3.8) is 0 Å². The summed E-state index contributed by atoms with van der Waals surface area (Å²) in [6.07, 6.45) is 3.07. The summed E-state index contributed by atoms with van der Waals surface area (Å²) < 4.78 is 0.812. The number of nitrogens with zero attached hydrogens (tertiary/aromatic N) is 4. The first-order valence-corrected chi connectivity index (χ1v) is 6.99. The van der Waals surface area contributed by atoms with Gasteiger partial charge in [0.15, 0.2) is 0 Å². The third kappa shape index (κ3) is 2.79. The van der Waals surface area contributed by atoms with E-state index in [1.165, 1.54) is 17.7 Å². The predicted molar refractivity (Wildman–Crippen MR) is 80.4 cm³/mol. The van der Waals surface area contributed by atoms with Crippen LogP contribution in [0.5, 0.6) is 0 Å². The summed E-state index contributed by atoms with van der Waals surface area (Å²) in [5.41, 5.74) is 2.00. The Balaban J connectivity index is 1.95. The molecule has 1 aromatic carbocycles. The van der Waals surface area contributed by atoms with Crippen molar-refractivity contribution in [2.75, 3.05) is 5.32 Å². The fourth-order valence-electron chi connectivity index (χ4n) is 1.98. The van der Waals surface area contributed by atoms with E-state index < -0.39 is 4.92 Å². The summed E-state index contributed by atoms with van der Waals surface area (Å²) >= 11 is 1.44. The van der Waals surface area contributed by atoms with Gasteiger partial charge in [0.25, 0.3) is 5.69 Å². The van der Waals surface area contributed by atoms with Crippen molar-refractivity contribution < 1.29 is 4.92 Å².